The van der Waals surface area contributed by atoms with Gasteiger partial charge in [0.1, 0.15) is 5.82 Å². The standard InChI is InChI=1S/C16H20Cl2N2O/c1-16(5-8-21-9-6-16)11-20-14-3-2-12(18)10-13(14)19-15(20)4-7-17/h2-3,10H,4-9,11H2,1H3. The molecule has 2 heterocycles. The summed E-state index contributed by atoms with van der Waals surface area (Å²) in [5, 5.41) is 0.724. The Balaban J connectivity index is 2.00. The van der Waals surface area contributed by atoms with Crippen molar-refractivity contribution in [2.75, 3.05) is 19.1 Å². The van der Waals surface area contributed by atoms with Crippen molar-refractivity contribution in [3.05, 3.63) is 29.0 Å². The molecule has 0 spiro atoms. The van der Waals surface area contributed by atoms with E-state index in [1.54, 1.807) is 0 Å². The van der Waals surface area contributed by atoms with E-state index in [2.05, 4.69) is 17.6 Å². The van der Waals surface area contributed by atoms with Gasteiger partial charge in [0, 0.05) is 37.1 Å². The van der Waals surface area contributed by atoms with Crippen LogP contribution in [0.1, 0.15) is 25.6 Å². The van der Waals surface area contributed by atoms with Crippen LogP contribution in [-0.4, -0.2) is 28.6 Å². The van der Waals surface area contributed by atoms with Crippen LogP contribution in [0.5, 0.6) is 0 Å². The Bertz CT molecular complexity index is 632. The number of halogens is 2. The first kappa shape index (κ1) is 15.1. The summed E-state index contributed by atoms with van der Waals surface area (Å²) in [5.41, 5.74) is 2.36. The van der Waals surface area contributed by atoms with Gasteiger partial charge in [-0.3, -0.25) is 0 Å². The van der Waals surface area contributed by atoms with Crippen LogP contribution < -0.4 is 0 Å². The van der Waals surface area contributed by atoms with Crippen molar-refractivity contribution < 1.29 is 4.74 Å². The molecule has 0 atom stereocenters. The zero-order chi connectivity index (χ0) is 14.9. The van der Waals surface area contributed by atoms with Crippen LogP contribution in [-0.2, 0) is 17.7 Å². The van der Waals surface area contributed by atoms with Crippen molar-refractivity contribution in [1.29, 1.82) is 0 Å². The Morgan fingerprint density at radius 3 is 2.81 bits per heavy atom. The summed E-state index contributed by atoms with van der Waals surface area (Å²) in [7, 11) is 0. The summed E-state index contributed by atoms with van der Waals surface area (Å²) >= 11 is 12.0. The average Bonchev–Trinajstić information content (AvgIpc) is 2.76. The summed E-state index contributed by atoms with van der Waals surface area (Å²) in [6.07, 6.45) is 2.95. The normalized spacial score (nSPS) is 18.2. The third kappa shape index (κ3) is 3.20. The van der Waals surface area contributed by atoms with Gasteiger partial charge in [-0.05, 0) is 36.5 Å². The summed E-state index contributed by atoms with van der Waals surface area (Å²) < 4.78 is 7.82. The first-order valence-corrected chi connectivity index (χ1v) is 8.31. The molecule has 0 amide bonds. The highest BCUT2D eigenvalue weighted by atomic mass is 35.5. The number of alkyl halides is 1. The van der Waals surface area contributed by atoms with E-state index >= 15 is 0 Å². The first-order chi connectivity index (χ1) is 10.1. The van der Waals surface area contributed by atoms with E-state index in [-0.39, 0.29) is 5.41 Å². The fourth-order valence-corrected chi connectivity index (χ4v) is 3.34. The Morgan fingerprint density at radius 2 is 2.10 bits per heavy atom. The van der Waals surface area contributed by atoms with Crippen molar-refractivity contribution >= 4 is 34.2 Å². The highest BCUT2D eigenvalue weighted by Crippen LogP contribution is 2.34. The smallest absolute Gasteiger partial charge is 0.111 e. The van der Waals surface area contributed by atoms with Gasteiger partial charge in [0.15, 0.2) is 0 Å². The van der Waals surface area contributed by atoms with E-state index in [9.17, 15) is 0 Å². The highest BCUT2D eigenvalue weighted by molar-refractivity contribution is 6.31. The van der Waals surface area contributed by atoms with Crippen LogP contribution in [0.3, 0.4) is 0 Å². The zero-order valence-electron chi connectivity index (χ0n) is 12.2. The average molecular weight is 327 g/mol. The van der Waals surface area contributed by atoms with Gasteiger partial charge in [0.25, 0.3) is 0 Å². The van der Waals surface area contributed by atoms with Crippen LogP contribution in [0.2, 0.25) is 5.02 Å². The number of benzene rings is 1. The SMILES string of the molecule is CC1(Cn2c(CCCl)nc3cc(Cl)ccc32)CCOCC1. The van der Waals surface area contributed by atoms with Gasteiger partial charge in [0.2, 0.25) is 0 Å². The number of imidazole rings is 1. The molecule has 1 aliphatic rings. The first-order valence-electron chi connectivity index (χ1n) is 7.40. The molecule has 5 heteroatoms. The second-order valence-electron chi connectivity index (χ2n) is 6.11. The molecule has 0 radical (unpaired) electrons. The minimum Gasteiger partial charge on any atom is -0.381 e. The maximum atomic E-state index is 6.08. The summed E-state index contributed by atoms with van der Waals surface area (Å²) in [6.45, 7) is 4.99. The molecule has 0 N–H and O–H groups in total. The molecule has 0 saturated carbocycles. The lowest BCUT2D eigenvalue weighted by molar-refractivity contribution is 0.0157. The number of hydrogen-bond donors (Lipinski definition) is 0. The van der Waals surface area contributed by atoms with Crippen molar-refractivity contribution in [2.24, 2.45) is 5.41 Å². The molecule has 0 aliphatic carbocycles. The van der Waals surface area contributed by atoms with Gasteiger partial charge in [-0.15, -0.1) is 11.6 Å². The number of aryl methyl sites for hydroxylation is 1. The predicted octanol–water partition coefficient (Wildman–Crippen LogP) is 4.29. The number of fused-ring (bicyclic) bond motifs is 1. The quantitative estimate of drug-likeness (QED) is 0.784. The summed E-state index contributed by atoms with van der Waals surface area (Å²) in [4.78, 5) is 4.72. The molecule has 1 saturated heterocycles. The molecule has 2 aromatic rings. The van der Waals surface area contributed by atoms with Crippen LogP contribution >= 0.6 is 23.2 Å². The van der Waals surface area contributed by atoms with Crippen LogP contribution in [0.15, 0.2) is 18.2 Å². The Kier molecular flexibility index (Phi) is 4.43. The van der Waals surface area contributed by atoms with Gasteiger partial charge < -0.3 is 9.30 Å². The number of rotatable bonds is 4. The van der Waals surface area contributed by atoms with Gasteiger partial charge in [-0.1, -0.05) is 18.5 Å². The van der Waals surface area contributed by atoms with Gasteiger partial charge in [-0.25, -0.2) is 4.98 Å². The van der Waals surface area contributed by atoms with Gasteiger partial charge >= 0.3 is 0 Å². The number of nitrogens with zero attached hydrogens (tertiary/aromatic N) is 2. The fourth-order valence-electron chi connectivity index (χ4n) is 3.01. The molecule has 0 unspecified atom stereocenters. The van der Waals surface area contributed by atoms with Crippen LogP contribution in [0.4, 0.5) is 0 Å². The fraction of sp³-hybridized carbons (Fsp3) is 0.562. The molecule has 1 aromatic heterocycles. The monoisotopic (exact) mass is 326 g/mol. The molecular weight excluding hydrogens is 307 g/mol. The Labute approximate surface area is 135 Å². The number of aromatic nitrogens is 2. The largest absolute Gasteiger partial charge is 0.381 e. The van der Waals surface area contributed by atoms with Crippen LogP contribution in [0.25, 0.3) is 11.0 Å². The number of ether oxygens (including phenoxy) is 1. The highest BCUT2D eigenvalue weighted by Gasteiger charge is 2.29. The van der Waals surface area contributed by atoms with E-state index in [0.29, 0.717) is 5.88 Å². The zero-order valence-corrected chi connectivity index (χ0v) is 13.8. The Morgan fingerprint density at radius 1 is 1.33 bits per heavy atom. The summed E-state index contributed by atoms with van der Waals surface area (Å²) in [6, 6.07) is 5.92. The van der Waals surface area contributed by atoms with E-state index in [0.717, 1.165) is 60.9 Å². The second kappa shape index (κ2) is 6.15. The van der Waals surface area contributed by atoms with E-state index in [1.165, 1.54) is 0 Å². The minimum atomic E-state index is 0.257. The van der Waals surface area contributed by atoms with Gasteiger partial charge in [0.05, 0.1) is 11.0 Å². The molecule has 0 bridgehead atoms. The second-order valence-corrected chi connectivity index (χ2v) is 6.92. The number of hydrogen-bond acceptors (Lipinski definition) is 2. The van der Waals surface area contributed by atoms with Crippen LogP contribution in [0, 0.1) is 5.41 Å². The molecule has 1 fully saturated rings. The lowest BCUT2D eigenvalue weighted by atomic mass is 9.82. The third-order valence-corrected chi connectivity index (χ3v) is 4.77. The summed E-state index contributed by atoms with van der Waals surface area (Å²) in [5.74, 6) is 1.63. The minimum absolute atomic E-state index is 0.257. The van der Waals surface area contributed by atoms with Crippen molar-refractivity contribution in [3.8, 4) is 0 Å². The molecule has 114 valence electrons. The molecular formula is C16H20Cl2N2O. The van der Waals surface area contributed by atoms with Crippen molar-refractivity contribution in [3.63, 3.8) is 0 Å². The topological polar surface area (TPSA) is 27.1 Å². The molecule has 1 aromatic carbocycles. The molecule has 3 rings (SSSR count). The lowest BCUT2D eigenvalue weighted by Gasteiger charge is -2.34. The molecule has 3 nitrogen and oxygen atoms in total. The van der Waals surface area contributed by atoms with E-state index in [4.69, 9.17) is 32.9 Å². The third-order valence-electron chi connectivity index (χ3n) is 4.35. The maximum Gasteiger partial charge on any atom is 0.111 e. The molecule has 1 aliphatic heterocycles. The maximum absolute atomic E-state index is 6.08. The van der Waals surface area contributed by atoms with E-state index in [1.807, 2.05) is 12.1 Å². The van der Waals surface area contributed by atoms with Crippen molar-refractivity contribution in [2.45, 2.75) is 32.7 Å². The van der Waals surface area contributed by atoms with Crippen molar-refractivity contribution in [1.82, 2.24) is 9.55 Å². The Hall–Kier alpha value is -0.770. The lowest BCUT2D eigenvalue weighted by Crippen LogP contribution is -2.31. The van der Waals surface area contributed by atoms with E-state index < -0.39 is 0 Å². The molecule has 21 heavy (non-hydrogen) atoms. The predicted molar refractivity (Wildman–Crippen MR) is 87.3 cm³/mol. The van der Waals surface area contributed by atoms with Gasteiger partial charge in [-0.2, -0.15) is 0 Å².